The third-order valence-corrected chi connectivity index (χ3v) is 3.20. The Morgan fingerprint density at radius 1 is 1.52 bits per heavy atom. The molecule has 1 aliphatic rings. The highest BCUT2D eigenvalue weighted by molar-refractivity contribution is 5.90. The fraction of sp³-hybridized carbons (Fsp3) is 0.267. The molecule has 0 aromatic heterocycles. The van der Waals surface area contributed by atoms with Crippen LogP contribution in [0.5, 0.6) is 11.5 Å². The van der Waals surface area contributed by atoms with Gasteiger partial charge in [-0.25, -0.2) is 5.43 Å². The molecule has 122 valence electrons. The number of hydrazone groups is 1. The Bertz CT molecular complexity index is 641. The molecule has 8 heteroatoms. The molecular formula is C15H18N4O4. The van der Waals surface area contributed by atoms with E-state index < -0.39 is 11.8 Å². The number of nitrogens with zero attached hydrogens (tertiary/aromatic N) is 1. The predicted molar refractivity (Wildman–Crippen MR) is 83.5 cm³/mol. The van der Waals surface area contributed by atoms with Crippen molar-refractivity contribution in [3.05, 3.63) is 36.0 Å². The quantitative estimate of drug-likeness (QED) is 0.448. The number of benzene rings is 1. The number of carbonyl (C=O) groups is 2. The Morgan fingerprint density at radius 3 is 2.96 bits per heavy atom. The molecule has 0 bridgehead atoms. The van der Waals surface area contributed by atoms with Gasteiger partial charge in [0.1, 0.15) is 0 Å². The molecular weight excluding hydrogens is 300 g/mol. The summed E-state index contributed by atoms with van der Waals surface area (Å²) in [5.41, 5.74) is 8.10. The van der Waals surface area contributed by atoms with E-state index >= 15 is 0 Å². The van der Waals surface area contributed by atoms with Crippen molar-refractivity contribution in [1.29, 1.82) is 0 Å². The molecule has 23 heavy (non-hydrogen) atoms. The van der Waals surface area contributed by atoms with Crippen LogP contribution in [0.25, 0.3) is 0 Å². The first-order valence-electron chi connectivity index (χ1n) is 7.04. The molecule has 2 rings (SSSR count). The zero-order chi connectivity index (χ0) is 16.8. The molecule has 1 unspecified atom stereocenters. The SMILES string of the molecule is C=C1NNC(=O)C1CC(=O)N/N=C/c1cccc(OCC)c1O. The van der Waals surface area contributed by atoms with E-state index in [1.165, 1.54) is 6.21 Å². The predicted octanol–water partition coefficient (Wildman–Crippen LogP) is 0.395. The average molecular weight is 318 g/mol. The second-order valence-electron chi connectivity index (χ2n) is 4.82. The summed E-state index contributed by atoms with van der Waals surface area (Å²) in [7, 11) is 0. The van der Waals surface area contributed by atoms with Crippen LogP contribution in [0.1, 0.15) is 18.9 Å². The van der Waals surface area contributed by atoms with Crippen LogP contribution in [0, 0.1) is 5.92 Å². The lowest BCUT2D eigenvalue weighted by molar-refractivity contribution is -0.127. The summed E-state index contributed by atoms with van der Waals surface area (Å²) in [6.07, 6.45) is 1.23. The molecule has 1 saturated heterocycles. The summed E-state index contributed by atoms with van der Waals surface area (Å²) >= 11 is 0. The summed E-state index contributed by atoms with van der Waals surface area (Å²) in [4.78, 5) is 23.2. The maximum absolute atomic E-state index is 11.8. The zero-order valence-corrected chi connectivity index (χ0v) is 12.6. The number of para-hydroxylation sites is 1. The van der Waals surface area contributed by atoms with Crippen molar-refractivity contribution >= 4 is 18.0 Å². The van der Waals surface area contributed by atoms with Gasteiger partial charge >= 0.3 is 0 Å². The molecule has 2 amide bonds. The van der Waals surface area contributed by atoms with Crippen LogP contribution < -0.4 is 21.0 Å². The summed E-state index contributed by atoms with van der Waals surface area (Å²) < 4.78 is 5.26. The standard InChI is InChI=1S/C15H18N4O4/c1-3-23-12-6-4-5-10(14(12)21)8-16-18-13(20)7-11-9(2)17-19-15(11)22/h4-6,8,11,17,21H,2-3,7H2,1H3,(H,18,20)(H,19,22)/b16-8+. The monoisotopic (exact) mass is 318 g/mol. The number of phenols is 1. The molecule has 0 radical (unpaired) electrons. The van der Waals surface area contributed by atoms with E-state index in [2.05, 4.69) is 28.0 Å². The van der Waals surface area contributed by atoms with Crippen LogP contribution in [0.4, 0.5) is 0 Å². The van der Waals surface area contributed by atoms with E-state index in [4.69, 9.17) is 4.74 Å². The lowest BCUT2D eigenvalue weighted by atomic mass is 10.0. The molecule has 1 aromatic rings. The van der Waals surface area contributed by atoms with Crippen LogP contribution in [-0.4, -0.2) is 29.7 Å². The van der Waals surface area contributed by atoms with Crippen LogP contribution >= 0.6 is 0 Å². The minimum atomic E-state index is -0.625. The fourth-order valence-electron chi connectivity index (χ4n) is 2.01. The number of phenolic OH excluding ortho intramolecular Hbond substituents is 1. The van der Waals surface area contributed by atoms with Gasteiger partial charge in [-0.2, -0.15) is 5.10 Å². The molecule has 1 atom stereocenters. The highest BCUT2D eigenvalue weighted by atomic mass is 16.5. The second kappa shape index (κ2) is 7.30. The first-order valence-corrected chi connectivity index (χ1v) is 7.04. The van der Waals surface area contributed by atoms with Gasteiger partial charge < -0.3 is 15.3 Å². The molecule has 1 aromatic carbocycles. The van der Waals surface area contributed by atoms with E-state index in [-0.39, 0.29) is 18.1 Å². The minimum Gasteiger partial charge on any atom is -0.504 e. The number of amides is 2. The molecule has 4 N–H and O–H groups in total. The maximum atomic E-state index is 11.8. The number of hydrogen-bond donors (Lipinski definition) is 4. The molecule has 0 saturated carbocycles. The van der Waals surface area contributed by atoms with Gasteiger partial charge in [0.2, 0.25) is 11.8 Å². The van der Waals surface area contributed by atoms with Crippen molar-refractivity contribution in [1.82, 2.24) is 16.3 Å². The number of ether oxygens (including phenoxy) is 1. The molecule has 0 spiro atoms. The van der Waals surface area contributed by atoms with Crippen LogP contribution in [0.15, 0.2) is 35.6 Å². The number of aromatic hydroxyl groups is 1. The van der Waals surface area contributed by atoms with Crippen molar-refractivity contribution in [2.75, 3.05) is 6.61 Å². The lowest BCUT2D eigenvalue weighted by Crippen LogP contribution is -2.27. The summed E-state index contributed by atoms with van der Waals surface area (Å²) in [6.45, 7) is 5.88. The number of hydrazine groups is 1. The van der Waals surface area contributed by atoms with Gasteiger partial charge in [-0.1, -0.05) is 12.6 Å². The summed E-state index contributed by atoms with van der Waals surface area (Å²) in [5.74, 6) is -1.09. The highest BCUT2D eigenvalue weighted by Crippen LogP contribution is 2.28. The van der Waals surface area contributed by atoms with Gasteiger partial charge in [0.25, 0.3) is 0 Å². The Balaban J connectivity index is 1.94. The minimum absolute atomic E-state index is 0.0555. The summed E-state index contributed by atoms with van der Waals surface area (Å²) in [5, 5.41) is 13.8. The topological polar surface area (TPSA) is 112 Å². The highest BCUT2D eigenvalue weighted by Gasteiger charge is 2.29. The van der Waals surface area contributed by atoms with Crippen molar-refractivity contribution in [2.24, 2.45) is 11.0 Å². The van der Waals surface area contributed by atoms with Crippen LogP contribution in [-0.2, 0) is 9.59 Å². The van der Waals surface area contributed by atoms with E-state index in [0.29, 0.717) is 23.6 Å². The third-order valence-electron chi connectivity index (χ3n) is 3.20. The van der Waals surface area contributed by atoms with Crippen LogP contribution in [0.3, 0.4) is 0 Å². The van der Waals surface area contributed by atoms with E-state index in [0.717, 1.165) is 0 Å². The maximum Gasteiger partial charge on any atom is 0.247 e. The molecule has 1 heterocycles. The van der Waals surface area contributed by atoms with Gasteiger partial charge in [0, 0.05) is 17.7 Å². The van der Waals surface area contributed by atoms with Gasteiger partial charge in [0.15, 0.2) is 11.5 Å². The third kappa shape index (κ3) is 4.00. The molecule has 1 aliphatic heterocycles. The van der Waals surface area contributed by atoms with Crippen molar-refractivity contribution < 1.29 is 19.4 Å². The van der Waals surface area contributed by atoms with E-state index in [9.17, 15) is 14.7 Å². The first-order chi connectivity index (χ1) is 11.0. The summed E-state index contributed by atoms with van der Waals surface area (Å²) in [6, 6.07) is 4.96. The smallest absolute Gasteiger partial charge is 0.247 e. The number of nitrogens with one attached hydrogen (secondary N) is 3. The average Bonchev–Trinajstić information content (AvgIpc) is 2.83. The Morgan fingerprint density at radius 2 is 2.30 bits per heavy atom. The second-order valence-corrected chi connectivity index (χ2v) is 4.82. The number of rotatable bonds is 6. The number of hydrogen-bond acceptors (Lipinski definition) is 6. The normalized spacial score (nSPS) is 17.0. The Labute approximate surface area is 133 Å². The number of carbonyl (C=O) groups excluding carboxylic acids is 2. The first kappa shape index (κ1) is 16.3. The van der Waals surface area contributed by atoms with Crippen molar-refractivity contribution in [3.63, 3.8) is 0 Å². The van der Waals surface area contributed by atoms with Crippen LogP contribution in [0.2, 0.25) is 0 Å². The lowest BCUT2D eigenvalue weighted by Gasteiger charge is -2.07. The van der Waals surface area contributed by atoms with E-state index in [1.807, 2.05) is 6.92 Å². The van der Waals surface area contributed by atoms with Gasteiger partial charge in [-0.3, -0.25) is 15.0 Å². The molecule has 1 fully saturated rings. The Kier molecular flexibility index (Phi) is 5.19. The van der Waals surface area contributed by atoms with E-state index in [1.54, 1.807) is 18.2 Å². The molecule has 8 nitrogen and oxygen atoms in total. The van der Waals surface area contributed by atoms with Gasteiger partial charge in [-0.15, -0.1) is 0 Å². The van der Waals surface area contributed by atoms with Gasteiger partial charge in [0.05, 0.1) is 18.7 Å². The largest absolute Gasteiger partial charge is 0.504 e. The fourth-order valence-corrected chi connectivity index (χ4v) is 2.01. The van der Waals surface area contributed by atoms with Crippen molar-refractivity contribution in [3.8, 4) is 11.5 Å². The molecule has 0 aliphatic carbocycles. The zero-order valence-electron chi connectivity index (χ0n) is 12.6. The van der Waals surface area contributed by atoms with Crippen molar-refractivity contribution in [2.45, 2.75) is 13.3 Å². The Hall–Kier alpha value is -3.03. The van der Waals surface area contributed by atoms with Gasteiger partial charge in [-0.05, 0) is 19.1 Å².